The van der Waals surface area contributed by atoms with E-state index in [4.69, 9.17) is 4.74 Å². The lowest BCUT2D eigenvalue weighted by molar-refractivity contribution is -0.215. The van der Waals surface area contributed by atoms with Gasteiger partial charge in [-0.3, -0.25) is 9.78 Å². The molecule has 1 heterocycles. The summed E-state index contributed by atoms with van der Waals surface area (Å²) in [6.07, 6.45) is 3.56. The highest BCUT2D eigenvalue weighted by atomic mass is 19.4. The van der Waals surface area contributed by atoms with Crippen LogP contribution < -0.4 is 9.64 Å². The number of hydrogen-bond acceptors (Lipinski definition) is 3. The molecule has 9 rings (SSSR count). The van der Waals surface area contributed by atoms with E-state index in [9.17, 15) is 22.4 Å². The van der Waals surface area contributed by atoms with E-state index in [0.717, 1.165) is 79.0 Å². The van der Waals surface area contributed by atoms with Gasteiger partial charge in [-0.25, -0.2) is 4.39 Å². The third-order valence-corrected chi connectivity index (χ3v) is 11.1. The van der Waals surface area contributed by atoms with Crippen molar-refractivity contribution in [3.05, 3.63) is 78.1 Å². The van der Waals surface area contributed by atoms with Crippen LogP contribution in [-0.4, -0.2) is 29.7 Å². The lowest BCUT2D eigenvalue weighted by atomic mass is 9.41. The van der Waals surface area contributed by atoms with Gasteiger partial charge in [0.1, 0.15) is 11.4 Å². The highest BCUT2D eigenvalue weighted by molar-refractivity contribution is 5.95. The zero-order valence-corrected chi connectivity index (χ0v) is 25.1. The van der Waals surface area contributed by atoms with Gasteiger partial charge in [0.2, 0.25) is 5.91 Å². The van der Waals surface area contributed by atoms with Crippen LogP contribution in [0.1, 0.15) is 82.4 Å². The van der Waals surface area contributed by atoms with Crippen molar-refractivity contribution in [2.24, 2.45) is 10.8 Å². The smallest absolute Gasteiger partial charge is 0.417 e. The molecular formula is C36H38F4N2O2. The van der Waals surface area contributed by atoms with E-state index in [1.165, 1.54) is 0 Å². The summed E-state index contributed by atoms with van der Waals surface area (Å²) in [6, 6.07) is 18.8. The summed E-state index contributed by atoms with van der Waals surface area (Å²) in [5, 5.41) is 0. The molecule has 0 aliphatic heterocycles. The molecule has 0 atom stereocenters. The SMILES string of the molecule is CCOc1ccc(-c2cccc(N(CC34CCC(c5ccc(C(F)(F)F)cn5)(CC3)CC4)C(=O)CC34CC(F)(C3)C4)c2)cc1. The maximum atomic E-state index is 14.4. The summed E-state index contributed by atoms with van der Waals surface area (Å²) in [4.78, 5) is 20.3. The van der Waals surface area contributed by atoms with Crippen molar-refractivity contribution >= 4 is 11.6 Å². The molecule has 44 heavy (non-hydrogen) atoms. The van der Waals surface area contributed by atoms with Gasteiger partial charge in [-0.2, -0.15) is 13.2 Å². The molecule has 3 aromatic rings. The standard InChI is InChI=1S/C36H38F4N2O2/c1-2-44-29-9-6-25(7-10-29)26-4-3-5-28(18-26)42(31(43)19-33-21-35(37,22-33)23-33)24-32-12-15-34(16-13-32,17-14-32)30-11-8-27(20-41-30)36(38,39)40/h3-11,18,20H,2,12-17,19,21-24H2,1H3. The van der Waals surface area contributed by atoms with Gasteiger partial charge >= 0.3 is 6.18 Å². The van der Waals surface area contributed by atoms with E-state index in [0.29, 0.717) is 38.8 Å². The van der Waals surface area contributed by atoms with Crippen LogP contribution in [0.15, 0.2) is 66.9 Å². The van der Waals surface area contributed by atoms with Crippen LogP contribution in [0, 0.1) is 10.8 Å². The first-order chi connectivity index (χ1) is 20.9. The second-order valence-electron chi connectivity index (χ2n) is 14.1. The lowest BCUT2D eigenvalue weighted by Gasteiger charge is -2.66. The second-order valence-corrected chi connectivity index (χ2v) is 14.1. The zero-order chi connectivity index (χ0) is 30.8. The maximum absolute atomic E-state index is 14.4. The Balaban J connectivity index is 1.12. The van der Waals surface area contributed by atoms with Crippen LogP contribution in [0.3, 0.4) is 0 Å². The molecule has 0 radical (unpaired) electrons. The highest BCUT2D eigenvalue weighted by Crippen LogP contribution is 2.71. The van der Waals surface area contributed by atoms with Gasteiger partial charge in [0.05, 0.1) is 12.2 Å². The van der Waals surface area contributed by atoms with Crippen LogP contribution in [-0.2, 0) is 16.4 Å². The Labute approximate surface area is 255 Å². The van der Waals surface area contributed by atoms with Crippen LogP contribution in [0.25, 0.3) is 11.1 Å². The predicted octanol–water partition coefficient (Wildman–Crippen LogP) is 9.07. The van der Waals surface area contributed by atoms with E-state index in [2.05, 4.69) is 11.1 Å². The summed E-state index contributed by atoms with van der Waals surface area (Å²) >= 11 is 0. The minimum absolute atomic E-state index is 0.0526. The topological polar surface area (TPSA) is 42.4 Å². The first-order valence-electron chi connectivity index (χ1n) is 15.8. The number of aromatic nitrogens is 1. The first kappa shape index (κ1) is 29.3. The summed E-state index contributed by atoms with van der Waals surface area (Å²) < 4.78 is 59.4. The normalized spacial score (nSPS) is 30.3. The number of halogens is 4. The second kappa shape index (κ2) is 10.3. The maximum Gasteiger partial charge on any atom is 0.417 e. The van der Waals surface area contributed by atoms with Crippen LogP contribution >= 0.6 is 0 Å². The Hall–Kier alpha value is -3.42. The van der Waals surface area contributed by atoms with Crippen molar-refractivity contribution in [3.8, 4) is 16.9 Å². The fourth-order valence-corrected chi connectivity index (χ4v) is 8.65. The molecule has 0 N–H and O–H groups in total. The largest absolute Gasteiger partial charge is 0.494 e. The van der Waals surface area contributed by atoms with Crippen molar-refractivity contribution < 1.29 is 27.1 Å². The average molecular weight is 607 g/mol. The van der Waals surface area contributed by atoms with Crippen LogP contribution in [0.4, 0.5) is 23.2 Å². The number of rotatable bonds is 9. The van der Waals surface area contributed by atoms with Gasteiger partial charge in [0, 0.05) is 36.0 Å². The summed E-state index contributed by atoms with van der Waals surface area (Å²) in [5.41, 5.74) is 1.38. The number of amides is 1. The summed E-state index contributed by atoms with van der Waals surface area (Å²) in [5.74, 6) is 0.862. The van der Waals surface area contributed by atoms with Gasteiger partial charge in [-0.05, 0) is 123 Å². The fourth-order valence-electron chi connectivity index (χ4n) is 8.65. The van der Waals surface area contributed by atoms with Crippen molar-refractivity contribution in [3.63, 3.8) is 0 Å². The Morgan fingerprint density at radius 2 is 1.57 bits per heavy atom. The Morgan fingerprint density at radius 1 is 0.886 bits per heavy atom. The molecule has 6 aliphatic carbocycles. The molecule has 2 aromatic carbocycles. The molecule has 4 bridgehead atoms. The quantitative estimate of drug-likeness (QED) is 0.228. The van der Waals surface area contributed by atoms with Crippen molar-refractivity contribution in [1.29, 1.82) is 0 Å². The molecule has 0 saturated heterocycles. The van der Waals surface area contributed by atoms with E-state index in [1.807, 2.05) is 54.3 Å². The molecule has 1 amide bonds. The molecule has 8 heteroatoms. The van der Waals surface area contributed by atoms with Crippen molar-refractivity contribution in [2.75, 3.05) is 18.1 Å². The number of benzene rings is 2. The van der Waals surface area contributed by atoms with Crippen LogP contribution in [0.2, 0.25) is 0 Å². The first-order valence-corrected chi connectivity index (χ1v) is 15.8. The Bertz CT molecular complexity index is 1510. The van der Waals surface area contributed by atoms with Gasteiger partial charge in [0.15, 0.2) is 0 Å². The molecule has 6 saturated carbocycles. The molecule has 0 spiro atoms. The minimum atomic E-state index is -4.40. The number of alkyl halides is 4. The van der Waals surface area contributed by atoms with E-state index >= 15 is 0 Å². The minimum Gasteiger partial charge on any atom is -0.494 e. The molecule has 0 unspecified atom stereocenters. The number of carbonyl (C=O) groups excluding carboxylic acids is 1. The Morgan fingerprint density at radius 3 is 2.14 bits per heavy atom. The summed E-state index contributed by atoms with van der Waals surface area (Å²) in [7, 11) is 0. The molecule has 4 nitrogen and oxygen atoms in total. The third-order valence-electron chi connectivity index (χ3n) is 11.1. The van der Waals surface area contributed by atoms with Crippen molar-refractivity contribution in [2.45, 2.75) is 88.4 Å². The predicted molar refractivity (Wildman–Crippen MR) is 161 cm³/mol. The fraction of sp³-hybridized carbons (Fsp3) is 0.500. The van der Waals surface area contributed by atoms with Gasteiger partial charge in [-0.15, -0.1) is 0 Å². The van der Waals surface area contributed by atoms with E-state index in [-0.39, 0.29) is 22.2 Å². The Kier molecular flexibility index (Phi) is 6.87. The van der Waals surface area contributed by atoms with E-state index in [1.54, 1.807) is 6.07 Å². The average Bonchev–Trinajstić information content (AvgIpc) is 3.00. The number of fused-ring (bicyclic) bond motifs is 3. The lowest BCUT2D eigenvalue weighted by Crippen LogP contribution is -2.65. The molecule has 232 valence electrons. The summed E-state index contributed by atoms with van der Waals surface area (Å²) in [6.45, 7) is 3.14. The van der Waals surface area contributed by atoms with Crippen molar-refractivity contribution in [1.82, 2.24) is 4.98 Å². The number of carbonyl (C=O) groups is 1. The number of ether oxygens (including phenoxy) is 1. The molecule has 1 aromatic heterocycles. The number of nitrogens with zero attached hydrogens (tertiary/aromatic N) is 2. The molecule has 6 fully saturated rings. The molecule has 6 aliphatic rings. The number of hydrogen-bond donors (Lipinski definition) is 0. The van der Waals surface area contributed by atoms with Gasteiger partial charge in [0.25, 0.3) is 0 Å². The highest BCUT2D eigenvalue weighted by Gasteiger charge is 2.69. The molecular weight excluding hydrogens is 568 g/mol. The van der Waals surface area contributed by atoms with E-state index < -0.39 is 17.4 Å². The third kappa shape index (κ3) is 5.18. The monoisotopic (exact) mass is 606 g/mol. The van der Waals surface area contributed by atoms with Gasteiger partial charge < -0.3 is 9.64 Å². The van der Waals surface area contributed by atoms with Gasteiger partial charge in [-0.1, -0.05) is 24.3 Å². The van der Waals surface area contributed by atoms with Crippen LogP contribution in [0.5, 0.6) is 5.75 Å². The number of pyridine rings is 1. The zero-order valence-electron chi connectivity index (χ0n) is 25.1. The number of anilines is 1.